The first-order valence-corrected chi connectivity index (χ1v) is 6.91. The van der Waals surface area contributed by atoms with Crippen LogP contribution in [0.3, 0.4) is 0 Å². The van der Waals surface area contributed by atoms with Crippen LogP contribution >= 0.6 is 0 Å². The molecule has 2 rings (SSSR count). The van der Waals surface area contributed by atoms with Gasteiger partial charge in [-0.25, -0.2) is 4.79 Å². The maximum atomic E-state index is 11.2. The number of aldehydes is 1. The molecule has 22 heavy (non-hydrogen) atoms. The topological polar surface area (TPSA) is 80.4 Å². The molecule has 0 amide bonds. The summed E-state index contributed by atoms with van der Waals surface area (Å²) in [5.41, 5.74) is 9.15. The molecule has 0 spiro atoms. The minimum absolute atomic E-state index is 0.200. The van der Waals surface area contributed by atoms with E-state index in [1.807, 2.05) is 30.3 Å². The molecule has 0 saturated heterocycles. The Balaban J connectivity index is 2.15. The lowest BCUT2D eigenvalue weighted by molar-refractivity contribution is -0.103. The van der Waals surface area contributed by atoms with Crippen LogP contribution in [0.1, 0.15) is 27.0 Å². The molecule has 0 bridgehead atoms. The Labute approximate surface area is 128 Å². The van der Waals surface area contributed by atoms with E-state index in [0.717, 1.165) is 17.4 Å². The maximum Gasteiger partial charge on any atom is 0.335 e. The number of aromatic carboxylic acids is 1. The molecule has 0 saturated carbocycles. The van der Waals surface area contributed by atoms with Crippen LogP contribution < -0.4 is 5.73 Å². The third-order valence-electron chi connectivity index (χ3n) is 3.41. The Morgan fingerprint density at radius 3 is 2.00 bits per heavy atom. The van der Waals surface area contributed by atoms with Crippen molar-refractivity contribution in [2.45, 2.75) is 13.0 Å². The highest BCUT2D eigenvalue weighted by Gasteiger charge is 2.04. The van der Waals surface area contributed by atoms with Gasteiger partial charge in [0.05, 0.1) is 5.56 Å². The molecular weight excluding hydrogens is 278 g/mol. The second kappa shape index (κ2) is 7.33. The zero-order valence-electron chi connectivity index (χ0n) is 12.0. The first-order chi connectivity index (χ1) is 10.6. The molecule has 0 heterocycles. The van der Waals surface area contributed by atoms with Crippen LogP contribution in [0.25, 0.3) is 5.57 Å². The number of rotatable bonds is 6. The monoisotopic (exact) mass is 295 g/mol. The quantitative estimate of drug-likeness (QED) is 0.634. The highest BCUT2D eigenvalue weighted by atomic mass is 16.4. The molecule has 112 valence electrons. The number of allylic oxidation sites excluding steroid dienone is 2. The molecule has 0 aliphatic heterocycles. The van der Waals surface area contributed by atoms with E-state index in [-0.39, 0.29) is 5.56 Å². The number of carboxylic acids is 1. The van der Waals surface area contributed by atoms with Crippen LogP contribution in [0.4, 0.5) is 0 Å². The molecule has 4 heteroatoms. The standard InChI is InChI=1S/C18H17NO3/c19-11-14-3-1-13(2-4-14)5-6-17(12-20)15-7-9-16(10-8-15)18(21)22/h1-4,6-10,12H,5,11,19H2,(H,21,22)/b17-6-. The number of hydrogen-bond donors (Lipinski definition) is 2. The van der Waals surface area contributed by atoms with E-state index in [1.54, 1.807) is 12.1 Å². The molecule has 0 aliphatic carbocycles. The molecule has 0 radical (unpaired) electrons. The number of hydrogen-bond acceptors (Lipinski definition) is 3. The van der Waals surface area contributed by atoms with Gasteiger partial charge in [-0.1, -0.05) is 42.5 Å². The SMILES string of the molecule is NCc1ccc(C/C=C(/C=O)c2ccc(C(=O)O)cc2)cc1. The Bertz CT molecular complexity index is 685. The van der Waals surface area contributed by atoms with Crippen molar-refractivity contribution in [3.63, 3.8) is 0 Å². The van der Waals surface area contributed by atoms with Crippen LogP contribution in [-0.2, 0) is 17.8 Å². The lowest BCUT2D eigenvalue weighted by Crippen LogP contribution is -1.97. The minimum atomic E-state index is -0.983. The fourth-order valence-electron chi connectivity index (χ4n) is 2.08. The zero-order valence-corrected chi connectivity index (χ0v) is 12.0. The van der Waals surface area contributed by atoms with E-state index in [1.165, 1.54) is 12.1 Å². The summed E-state index contributed by atoms with van der Waals surface area (Å²) in [6.07, 6.45) is 3.24. The van der Waals surface area contributed by atoms with E-state index in [4.69, 9.17) is 10.8 Å². The van der Waals surface area contributed by atoms with Crippen molar-refractivity contribution in [3.05, 3.63) is 76.9 Å². The summed E-state index contributed by atoms with van der Waals surface area (Å²) in [5.74, 6) is -0.983. The Hall–Kier alpha value is -2.72. The van der Waals surface area contributed by atoms with E-state index in [2.05, 4.69) is 0 Å². The van der Waals surface area contributed by atoms with E-state index in [9.17, 15) is 9.59 Å². The number of carboxylic acid groups (broad SMARTS) is 1. The molecular formula is C18H17NO3. The molecule has 0 unspecified atom stereocenters. The second-order valence-corrected chi connectivity index (χ2v) is 4.88. The van der Waals surface area contributed by atoms with Crippen molar-refractivity contribution >= 4 is 17.8 Å². The molecule has 2 aromatic carbocycles. The smallest absolute Gasteiger partial charge is 0.335 e. The van der Waals surface area contributed by atoms with E-state index >= 15 is 0 Å². The minimum Gasteiger partial charge on any atom is -0.478 e. The van der Waals surface area contributed by atoms with Crippen LogP contribution in [-0.4, -0.2) is 17.4 Å². The van der Waals surface area contributed by atoms with Crippen molar-refractivity contribution in [1.82, 2.24) is 0 Å². The van der Waals surface area contributed by atoms with Crippen molar-refractivity contribution in [2.75, 3.05) is 0 Å². The summed E-state index contributed by atoms with van der Waals surface area (Å²) >= 11 is 0. The van der Waals surface area contributed by atoms with Crippen molar-refractivity contribution in [3.8, 4) is 0 Å². The van der Waals surface area contributed by atoms with Gasteiger partial charge in [0.2, 0.25) is 0 Å². The zero-order chi connectivity index (χ0) is 15.9. The molecule has 0 atom stereocenters. The van der Waals surface area contributed by atoms with Gasteiger partial charge in [0.1, 0.15) is 6.29 Å². The first kappa shape index (κ1) is 15.7. The fourth-order valence-corrected chi connectivity index (χ4v) is 2.08. The number of benzene rings is 2. The van der Waals surface area contributed by atoms with Gasteiger partial charge in [-0.2, -0.15) is 0 Å². The van der Waals surface area contributed by atoms with Gasteiger partial charge >= 0.3 is 5.97 Å². The van der Waals surface area contributed by atoms with Crippen molar-refractivity contribution in [2.24, 2.45) is 5.73 Å². The van der Waals surface area contributed by atoms with Crippen LogP contribution in [0, 0.1) is 0 Å². The molecule has 0 fully saturated rings. The van der Waals surface area contributed by atoms with Gasteiger partial charge in [0.25, 0.3) is 0 Å². The molecule has 0 aliphatic rings. The van der Waals surface area contributed by atoms with E-state index < -0.39 is 5.97 Å². The Morgan fingerprint density at radius 2 is 1.50 bits per heavy atom. The van der Waals surface area contributed by atoms with Crippen molar-refractivity contribution < 1.29 is 14.7 Å². The number of nitrogens with two attached hydrogens (primary N) is 1. The van der Waals surface area contributed by atoms with E-state index in [0.29, 0.717) is 24.1 Å². The van der Waals surface area contributed by atoms with Crippen LogP contribution in [0.2, 0.25) is 0 Å². The fraction of sp³-hybridized carbons (Fsp3) is 0.111. The third-order valence-corrected chi connectivity index (χ3v) is 3.41. The van der Waals surface area contributed by atoms with Gasteiger partial charge in [0, 0.05) is 12.1 Å². The summed E-state index contributed by atoms with van der Waals surface area (Å²) in [6.45, 7) is 0.506. The van der Waals surface area contributed by atoms with Gasteiger partial charge in [0.15, 0.2) is 0 Å². The van der Waals surface area contributed by atoms with Crippen molar-refractivity contribution in [1.29, 1.82) is 0 Å². The predicted octanol–water partition coefficient (Wildman–Crippen LogP) is 2.67. The Morgan fingerprint density at radius 1 is 0.955 bits per heavy atom. The first-order valence-electron chi connectivity index (χ1n) is 6.91. The summed E-state index contributed by atoms with van der Waals surface area (Å²) in [5, 5.41) is 8.87. The van der Waals surface area contributed by atoms with Gasteiger partial charge < -0.3 is 10.8 Å². The predicted molar refractivity (Wildman–Crippen MR) is 85.5 cm³/mol. The van der Waals surface area contributed by atoms with Crippen LogP contribution in [0.15, 0.2) is 54.6 Å². The third kappa shape index (κ3) is 3.90. The normalized spacial score (nSPS) is 11.2. The summed E-state index contributed by atoms with van der Waals surface area (Å²) in [4.78, 5) is 22.1. The highest BCUT2D eigenvalue weighted by Crippen LogP contribution is 2.15. The van der Waals surface area contributed by atoms with Gasteiger partial charge in [-0.3, -0.25) is 4.79 Å². The number of carbonyl (C=O) groups excluding carboxylic acids is 1. The van der Waals surface area contributed by atoms with Crippen LogP contribution in [0.5, 0.6) is 0 Å². The van der Waals surface area contributed by atoms with Gasteiger partial charge in [-0.15, -0.1) is 0 Å². The number of carbonyl (C=O) groups is 2. The molecule has 3 N–H and O–H groups in total. The average Bonchev–Trinajstić information content (AvgIpc) is 2.56. The Kier molecular flexibility index (Phi) is 5.22. The summed E-state index contributed by atoms with van der Waals surface area (Å²) < 4.78 is 0. The largest absolute Gasteiger partial charge is 0.478 e. The lowest BCUT2D eigenvalue weighted by atomic mass is 10.0. The van der Waals surface area contributed by atoms with Gasteiger partial charge in [-0.05, 0) is 35.2 Å². The lowest BCUT2D eigenvalue weighted by Gasteiger charge is -2.03. The molecule has 2 aromatic rings. The maximum absolute atomic E-state index is 11.2. The summed E-state index contributed by atoms with van der Waals surface area (Å²) in [6, 6.07) is 14.2. The summed E-state index contributed by atoms with van der Waals surface area (Å²) in [7, 11) is 0. The molecule has 4 nitrogen and oxygen atoms in total. The average molecular weight is 295 g/mol. The second-order valence-electron chi connectivity index (χ2n) is 4.88. The molecule has 0 aromatic heterocycles. The highest BCUT2D eigenvalue weighted by molar-refractivity contribution is 6.07.